The molecule has 0 spiro atoms. The fourth-order valence-electron chi connectivity index (χ4n) is 2.11. The second-order valence-corrected chi connectivity index (χ2v) is 7.02. The Balaban J connectivity index is 2.32. The van der Waals surface area contributed by atoms with Gasteiger partial charge < -0.3 is 9.52 Å². The lowest BCUT2D eigenvalue weighted by molar-refractivity contribution is 0.0661. The van der Waals surface area contributed by atoms with Crippen LogP contribution in [0.2, 0.25) is 0 Å². The van der Waals surface area contributed by atoms with Gasteiger partial charge in [-0.2, -0.15) is 0 Å². The number of hydrogen-bond donors (Lipinski definition) is 2. The average molecular weight is 352 g/mol. The van der Waals surface area contributed by atoms with Crippen LogP contribution < -0.4 is 4.72 Å². The van der Waals surface area contributed by atoms with Crippen LogP contribution in [0.5, 0.6) is 0 Å². The van der Waals surface area contributed by atoms with Crippen LogP contribution in [-0.4, -0.2) is 25.0 Å². The number of aromatic carboxylic acids is 1. The van der Waals surface area contributed by atoms with Gasteiger partial charge in [-0.1, -0.05) is 6.92 Å². The number of rotatable bonds is 5. The Bertz CT molecular complexity index is 597. The molecule has 0 aromatic carbocycles. The Kier molecular flexibility index (Phi) is 3.76. The van der Waals surface area contributed by atoms with Gasteiger partial charge in [-0.05, 0) is 41.6 Å². The predicted octanol–water partition coefficient (Wildman–Crippen LogP) is 2.35. The van der Waals surface area contributed by atoms with Gasteiger partial charge in [0.25, 0.3) is 0 Å². The van der Waals surface area contributed by atoms with Crippen LogP contribution in [-0.2, 0) is 10.0 Å². The SMILES string of the molecule is CCC1(NS(=O)(=O)c2cc(C(=O)O)oc2Br)CCC1. The monoisotopic (exact) mass is 351 g/mol. The first kappa shape index (κ1) is 14.5. The van der Waals surface area contributed by atoms with E-state index in [-0.39, 0.29) is 9.56 Å². The van der Waals surface area contributed by atoms with Gasteiger partial charge in [0.05, 0.1) is 0 Å². The van der Waals surface area contributed by atoms with Crippen molar-refractivity contribution in [2.75, 3.05) is 0 Å². The Morgan fingerprint density at radius 1 is 1.58 bits per heavy atom. The van der Waals surface area contributed by atoms with Crippen molar-refractivity contribution in [3.8, 4) is 0 Å². The highest BCUT2D eigenvalue weighted by Gasteiger charge is 2.40. The normalized spacial score (nSPS) is 18.0. The molecular formula is C11H14BrNO5S. The second-order valence-electron chi connectivity index (χ2n) is 4.65. The van der Waals surface area contributed by atoms with Crippen molar-refractivity contribution < 1.29 is 22.7 Å². The molecule has 0 unspecified atom stereocenters. The zero-order valence-electron chi connectivity index (χ0n) is 10.3. The molecule has 106 valence electrons. The number of furan rings is 1. The first-order chi connectivity index (χ1) is 8.80. The van der Waals surface area contributed by atoms with Gasteiger partial charge in [0.15, 0.2) is 4.67 Å². The lowest BCUT2D eigenvalue weighted by atomic mass is 9.76. The summed E-state index contributed by atoms with van der Waals surface area (Å²) in [5, 5.41) is 8.79. The minimum absolute atomic E-state index is 0.0945. The number of nitrogens with one attached hydrogen (secondary N) is 1. The van der Waals surface area contributed by atoms with Crippen molar-refractivity contribution in [1.82, 2.24) is 4.72 Å². The summed E-state index contributed by atoms with van der Waals surface area (Å²) in [5.41, 5.74) is -0.404. The summed E-state index contributed by atoms with van der Waals surface area (Å²) in [5.74, 6) is -1.72. The van der Waals surface area contributed by atoms with Crippen LogP contribution in [0.25, 0.3) is 0 Å². The Labute approximate surface area is 119 Å². The highest BCUT2D eigenvalue weighted by Crippen LogP contribution is 2.37. The number of carboxylic acid groups (broad SMARTS) is 1. The fraction of sp³-hybridized carbons (Fsp3) is 0.545. The molecule has 1 aliphatic carbocycles. The molecule has 19 heavy (non-hydrogen) atoms. The summed E-state index contributed by atoms with van der Waals surface area (Å²) in [6.45, 7) is 1.93. The van der Waals surface area contributed by atoms with E-state index in [1.807, 2.05) is 6.92 Å². The summed E-state index contributed by atoms with van der Waals surface area (Å²) < 4.78 is 31.9. The summed E-state index contributed by atoms with van der Waals surface area (Å²) in [4.78, 5) is 10.6. The van der Waals surface area contributed by atoms with E-state index in [1.54, 1.807) is 0 Å². The van der Waals surface area contributed by atoms with Crippen molar-refractivity contribution in [2.24, 2.45) is 0 Å². The lowest BCUT2D eigenvalue weighted by Crippen LogP contribution is -2.52. The molecule has 1 aromatic rings. The average Bonchev–Trinajstić information content (AvgIpc) is 2.67. The van der Waals surface area contributed by atoms with Crippen LogP contribution in [0.4, 0.5) is 0 Å². The third kappa shape index (κ3) is 2.70. The molecule has 8 heteroatoms. The van der Waals surface area contributed by atoms with Crippen molar-refractivity contribution in [3.63, 3.8) is 0 Å². The van der Waals surface area contributed by atoms with Gasteiger partial charge in [-0.15, -0.1) is 0 Å². The maximum atomic E-state index is 12.3. The van der Waals surface area contributed by atoms with E-state index < -0.39 is 27.3 Å². The maximum Gasteiger partial charge on any atom is 0.371 e. The molecule has 1 heterocycles. The molecule has 1 saturated carbocycles. The molecule has 0 amide bonds. The van der Waals surface area contributed by atoms with E-state index in [4.69, 9.17) is 9.52 Å². The molecule has 0 atom stereocenters. The number of halogens is 1. The standard InChI is InChI=1S/C11H14BrNO5S/c1-2-11(4-3-5-11)13-19(16,17)8-6-7(10(14)15)18-9(8)12/h6,13H,2-5H2,1H3,(H,14,15). The highest BCUT2D eigenvalue weighted by atomic mass is 79.9. The number of hydrogen-bond acceptors (Lipinski definition) is 4. The predicted molar refractivity (Wildman–Crippen MR) is 70.6 cm³/mol. The zero-order valence-corrected chi connectivity index (χ0v) is 12.7. The zero-order chi connectivity index (χ0) is 14.3. The first-order valence-corrected chi connectivity index (χ1v) is 8.14. The van der Waals surface area contributed by atoms with Crippen molar-refractivity contribution in [3.05, 3.63) is 16.5 Å². The van der Waals surface area contributed by atoms with Gasteiger partial charge in [-0.3, -0.25) is 0 Å². The van der Waals surface area contributed by atoms with E-state index in [1.165, 1.54) is 0 Å². The van der Waals surface area contributed by atoms with Crippen LogP contribution in [0, 0.1) is 0 Å². The van der Waals surface area contributed by atoms with Crippen molar-refractivity contribution in [1.29, 1.82) is 0 Å². The van der Waals surface area contributed by atoms with Gasteiger partial charge in [0.1, 0.15) is 4.90 Å². The second kappa shape index (κ2) is 4.92. The number of sulfonamides is 1. The highest BCUT2D eigenvalue weighted by molar-refractivity contribution is 9.10. The lowest BCUT2D eigenvalue weighted by Gasteiger charge is -2.41. The fourth-order valence-corrected chi connectivity index (χ4v) is 4.58. The third-order valence-electron chi connectivity index (χ3n) is 3.49. The molecule has 2 rings (SSSR count). The molecular weight excluding hydrogens is 338 g/mol. The Morgan fingerprint density at radius 2 is 2.21 bits per heavy atom. The maximum absolute atomic E-state index is 12.3. The molecule has 0 saturated heterocycles. The van der Waals surface area contributed by atoms with Gasteiger partial charge in [-0.25, -0.2) is 17.9 Å². The van der Waals surface area contributed by atoms with Crippen molar-refractivity contribution in [2.45, 2.75) is 43.0 Å². The summed E-state index contributed by atoms with van der Waals surface area (Å²) in [6, 6.07) is 1.01. The van der Waals surface area contributed by atoms with Gasteiger partial charge >= 0.3 is 5.97 Å². The largest absolute Gasteiger partial charge is 0.475 e. The molecule has 1 aliphatic rings. The topological polar surface area (TPSA) is 96.6 Å². The van der Waals surface area contributed by atoms with Crippen LogP contribution >= 0.6 is 15.9 Å². The molecule has 1 fully saturated rings. The first-order valence-electron chi connectivity index (χ1n) is 5.86. The van der Waals surface area contributed by atoms with Crippen LogP contribution in [0.1, 0.15) is 43.2 Å². The molecule has 2 N–H and O–H groups in total. The minimum Gasteiger partial charge on any atom is -0.475 e. The summed E-state index contributed by atoms with van der Waals surface area (Å²) >= 11 is 2.94. The van der Waals surface area contributed by atoms with E-state index in [2.05, 4.69) is 20.7 Å². The summed E-state index contributed by atoms with van der Waals surface area (Å²) in [6.07, 6.45) is 3.28. The minimum atomic E-state index is -3.79. The molecule has 0 radical (unpaired) electrons. The van der Waals surface area contributed by atoms with E-state index in [0.717, 1.165) is 25.3 Å². The molecule has 0 bridgehead atoms. The molecule has 0 aliphatic heterocycles. The Morgan fingerprint density at radius 3 is 2.58 bits per heavy atom. The molecule has 6 nitrogen and oxygen atoms in total. The van der Waals surface area contributed by atoms with Crippen molar-refractivity contribution >= 4 is 31.9 Å². The van der Waals surface area contributed by atoms with E-state index in [9.17, 15) is 13.2 Å². The van der Waals surface area contributed by atoms with Crippen LogP contribution in [0.15, 0.2) is 20.0 Å². The quantitative estimate of drug-likeness (QED) is 0.848. The van der Waals surface area contributed by atoms with Crippen LogP contribution in [0.3, 0.4) is 0 Å². The number of carbonyl (C=O) groups is 1. The smallest absolute Gasteiger partial charge is 0.371 e. The third-order valence-corrected chi connectivity index (χ3v) is 5.93. The Hall–Kier alpha value is -0.860. The number of carboxylic acids is 1. The van der Waals surface area contributed by atoms with E-state index in [0.29, 0.717) is 6.42 Å². The molecule has 1 aromatic heterocycles. The van der Waals surface area contributed by atoms with E-state index >= 15 is 0 Å². The van der Waals surface area contributed by atoms with Gasteiger partial charge in [0, 0.05) is 11.6 Å². The van der Waals surface area contributed by atoms with Gasteiger partial charge in [0.2, 0.25) is 15.8 Å². The summed E-state index contributed by atoms with van der Waals surface area (Å²) in [7, 11) is -3.79.